The summed E-state index contributed by atoms with van der Waals surface area (Å²) in [6, 6.07) is 0. The standard InChI is InChI=1S/C5H11.ClH.Rh/c1-3-5-4-2;;/h1,3-5H2,2H3;1H;/q-1;;+3/p-1. The Balaban J connectivity index is 0. The zero-order chi connectivity index (χ0) is 6.12. The molecule has 0 saturated heterocycles. The van der Waals surface area contributed by atoms with Gasteiger partial charge in [0.1, 0.15) is 0 Å². The zero-order valence-corrected chi connectivity index (χ0v) is 6.93. The topological polar surface area (TPSA) is 0 Å². The van der Waals surface area contributed by atoms with Crippen molar-refractivity contribution in [3.63, 3.8) is 0 Å². The molecule has 0 aromatic rings. The molecule has 0 aromatic carbocycles. The van der Waals surface area contributed by atoms with E-state index in [-0.39, 0.29) is 0 Å². The molecule has 0 atom stereocenters. The van der Waals surface area contributed by atoms with Crippen molar-refractivity contribution in [3.05, 3.63) is 6.92 Å². The fourth-order valence-corrected chi connectivity index (χ4v) is 0.250. The summed E-state index contributed by atoms with van der Waals surface area (Å²) in [5.74, 6) is 0. The first-order chi connectivity index (χ1) is 3.41. The summed E-state index contributed by atoms with van der Waals surface area (Å²) in [4.78, 5) is 0. The minimum absolute atomic E-state index is 1.09. The summed E-state index contributed by atoms with van der Waals surface area (Å²) >= 11 is 2.02. The molecule has 0 unspecified atom stereocenters. The van der Waals surface area contributed by atoms with Gasteiger partial charge in [-0.1, -0.05) is 19.8 Å². The zero-order valence-electron chi connectivity index (χ0n) is 4.54. The fraction of sp³-hybridized carbons (Fsp3) is 0.800. The van der Waals surface area contributed by atoms with Crippen molar-refractivity contribution in [2.24, 2.45) is 0 Å². The van der Waals surface area contributed by atoms with E-state index < -0.39 is 0 Å². The molecule has 0 amide bonds. The van der Waals surface area contributed by atoms with Gasteiger partial charge in [0, 0.05) is 0 Å². The molecule has 0 rings (SSSR count). The van der Waals surface area contributed by atoms with Gasteiger partial charge in [0.25, 0.3) is 0 Å². The van der Waals surface area contributed by atoms with Crippen LogP contribution in [-0.4, -0.2) is 0 Å². The van der Waals surface area contributed by atoms with Crippen molar-refractivity contribution < 1.29 is 17.3 Å². The summed E-state index contributed by atoms with van der Waals surface area (Å²) in [7, 11) is 4.53. The molecule has 0 aliphatic rings. The average molecular weight is 210 g/mol. The predicted octanol–water partition coefficient (Wildman–Crippen LogP) is 2.70. The van der Waals surface area contributed by atoms with Gasteiger partial charge in [-0.2, -0.15) is 6.42 Å². The molecular formula is C5H11ClRh+. The average Bonchev–Trinajstić information content (AvgIpc) is 1.75. The number of unbranched alkanes of at least 4 members (excludes halogenated alkanes) is 2. The first-order valence-corrected chi connectivity index (χ1v) is 4.44. The molecule has 0 aliphatic heterocycles. The van der Waals surface area contributed by atoms with Crippen molar-refractivity contribution in [2.45, 2.75) is 26.2 Å². The van der Waals surface area contributed by atoms with Crippen LogP contribution in [0.15, 0.2) is 0 Å². The summed E-state index contributed by atoms with van der Waals surface area (Å²) in [6.45, 7) is 5.85. The van der Waals surface area contributed by atoms with Crippen LogP contribution >= 0.6 is 9.69 Å². The Kier molecular flexibility index (Phi) is 24.4. The monoisotopic (exact) mass is 209 g/mol. The third-order valence-electron chi connectivity index (χ3n) is 0.604. The summed E-state index contributed by atoms with van der Waals surface area (Å²) < 4.78 is 0. The number of rotatable bonds is 2. The summed E-state index contributed by atoms with van der Waals surface area (Å²) in [5, 5.41) is 0. The molecule has 0 aromatic heterocycles. The molecule has 0 nitrogen and oxygen atoms in total. The molecule has 0 N–H and O–H groups in total. The van der Waals surface area contributed by atoms with E-state index in [9.17, 15) is 0 Å². The third kappa shape index (κ3) is 19.7. The second-order valence-electron chi connectivity index (χ2n) is 1.21. The summed E-state index contributed by atoms with van der Waals surface area (Å²) in [5.41, 5.74) is 0. The van der Waals surface area contributed by atoms with Crippen LogP contribution in [0.2, 0.25) is 0 Å². The van der Waals surface area contributed by atoms with Crippen molar-refractivity contribution in [2.75, 3.05) is 0 Å². The number of hydrogen-bond acceptors (Lipinski definition) is 0. The Hall–Kier alpha value is 0.913. The first-order valence-electron chi connectivity index (χ1n) is 2.33. The van der Waals surface area contributed by atoms with Crippen LogP contribution in [0.3, 0.4) is 0 Å². The normalized spacial score (nSPS) is 6.86. The van der Waals surface area contributed by atoms with Gasteiger partial charge in [0.2, 0.25) is 0 Å². The minimum atomic E-state index is 1.09. The van der Waals surface area contributed by atoms with E-state index in [4.69, 9.17) is 0 Å². The predicted molar refractivity (Wildman–Crippen MR) is 30.7 cm³/mol. The van der Waals surface area contributed by atoms with Crippen LogP contribution < -0.4 is 0 Å². The Bertz CT molecular complexity index is 15.6. The van der Waals surface area contributed by atoms with E-state index in [1.54, 1.807) is 0 Å². The molecule has 46 valence electrons. The first kappa shape index (κ1) is 10.8. The van der Waals surface area contributed by atoms with Crippen molar-refractivity contribution in [3.8, 4) is 0 Å². The molecule has 0 saturated carbocycles. The van der Waals surface area contributed by atoms with Gasteiger partial charge in [-0.3, -0.25) is 0 Å². The molecule has 0 aliphatic carbocycles. The van der Waals surface area contributed by atoms with Crippen LogP contribution in [0, 0.1) is 6.92 Å². The van der Waals surface area contributed by atoms with E-state index in [1.807, 2.05) is 17.3 Å². The molecule has 7 heavy (non-hydrogen) atoms. The maximum atomic E-state index is 4.53. The molecule has 2 heteroatoms. The van der Waals surface area contributed by atoms with E-state index in [0.29, 0.717) is 0 Å². The van der Waals surface area contributed by atoms with Crippen molar-refractivity contribution in [1.82, 2.24) is 0 Å². The molecule has 0 spiro atoms. The molecular weight excluding hydrogens is 198 g/mol. The van der Waals surface area contributed by atoms with Gasteiger partial charge >= 0.3 is 27.0 Å². The van der Waals surface area contributed by atoms with Gasteiger partial charge in [-0.05, 0) is 0 Å². The Morgan fingerprint density at radius 1 is 1.57 bits per heavy atom. The van der Waals surface area contributed by atoms with Crippen LogP contribution in [0.5, 0.6) is 0 Å². The SMILES string of the molecule is [CH2-]CCCC.[Cl][Rh+2]. The van der Waals surface area contributed by atoms with E-state index in [0.717, 1.165) is 6.42 Å². The van der Waals surface area contributed by atoms with E-state index >= 15 is 0 Å². The van der Waals surface area contributed by atoms with Crippen LogP contribution in [-0.2, 0) is 17.3 Å². The van der Waals surface area contributed by atoms with Gasteiger partial charge in [-0.25, -0.2) is 0 Å². The van der Waals surface area contributed by atoms with Crippen LogP contribution in [0.1, 0.15) is 26.2 Å². The van der Waals surface area contributed by atoms with E-state index in [2.05, 4.69) is 23.5 Å². The fourth-order valence-electron chi connectivity index (χ4n) is 0.250. The van der Waals surface area contributed by atoms with Crippen molar-refractivity contribution >= 4 is 9.69 Å². The maximum absolute atomic E-state index is 4.53. The quantitative estimate of drug-likeness (QED) is 0.485. The van der Waals surface area contributed by atoms with E-state index in [1.165, 1.54) is 12.8 Å². The van der Waals surface area contributed by atoms with Gasteiger partial charge < -0.3 is 6.92 Å². The second kappa shape index (κ2) is 15.8. The molecule has 0 heterocycles. The Labute approximate surface area is 60.4 Å². The Morgan fingerprint density at radius 2 is 2.00 bits per heavy atom. The van der Waals surface area contributed by atoms with Gasteiger partial charge in [0.15, 0.2) is 0 Å². The molecule has 0 radical (unpaired) electrons. The molecule has 0 fully saturated rings. The van der Waals surface area contributed by atoms with Crippen molar-refractivity contribution in [1.29, 1.82) is 0 Å². The van der Waals surface area contributed by atoms with Gasteiger partial charge in [0.05, 0.1) is 0 Å². The van der Waals surface area contributed by atoms with Gasteiger partial charge in [-0.15, -0.1) is 0 Å². The second-order valence-corrected chi connectivity index (χ2v) is 1.21. The van der Waals surface area contributed by atoms with Crippen LogP contribution in [0.4, 0.5) is 0 Å². The number of hydrogen-bond donors (Lipinski definition) is 0. The summed E-state index contributed by atoms with van der Waals surface area (Å²) in [6.07, 6.45) is 3.65. The third-order valence-corrected chi connectivity index (χ3v) is 0.604. The number of halogens is 1. The Morgan fingerprint density at radius 3 is 2.00 bits per heavy atom. The molecule has 0 bridgehead atoms. The van der Waals surface area contributed by atoms with Crippen LogP contribution in [0.25, 0.3) is 0 Å².